The number of amides is 2. The zero-order valence-electron chi connectivity index (χ0n) is 13.2. The van der Waals surface area contributed by atoms with Crippen LogP contribution in [-0.2, 0) is 6.54 Å². The lowest BCUT2D eigenvalue weighted by Gasteiger charge is -2.17. The largest absolute Gasteiger partial charge is 0.493 e. The summed E-state index contributed by atoms with van der Waals surface area (Å²) in [5.41, 5.74) is 0.328. The summed E-state index contributed by atoms with van der Waals surface area (Å²) in [6.45, 7) is 2.14. The molecule has 1 unspecified atom stereocenters. The molecule has 2 aromatic rings. The number of methoxy groups -OCH3 is 2. The van der Waals surface area contributed by atoms with Gasteiger partial charge < -0.3 is 20.1 Å². The Hall–Kier alpha value is -2.28. The summed E-state index contributed by atoms with van der Waals surface area (Å²) >= 11 is 1.56. The van der Waals surface area contributed by atoms with Gasteiger partial charge in [0.2, 0.25) is 0 Å². The average molecular weight is 338 g/mol. The minimum atomic E-state index is -0.516. The number of halogens is 1. The lowest BCUT2D eigenvalue weighted by atomic mass is 10.1. The smallest absolute Gasteiger partial charge is 0.315 e. The molecule has 2 rings (SSSR count). The maximum atomic E-state index is 14.2. The summed E-state index contributed by atoms with van der Waals surface area (Å²) in [4.78, 5) is 13.0. The van der Waals surface area contributed by atoms with Crippen LogP contribution < -0.4 is 20.1 Å². The van der Waals surface area contributed by atoms with Crippen LogP contribution in [-0.4, -0.2) is 20.3 Å². The fourth-order valence-electron chi connectivity index (χ4n) is 2.11. The minimum Gasteiger partial charge on any atom is -0.493 e. The maximum Gasteiger partial charge on any atom is 0.315 e. The molecular weight excluding hydrogens is 319 g/mol. The predicted molar refractivity (Wildman–Crippen MR) is 87.6 cm³/mol. The quantitative estimate of drug-likeness (QED) is 0.848. The standard InChI is InChI=1S/C16H19FN2O3S/c1-10(19-16(20)18-9-11-5-4-6-23-11)12-7-14(21-2)15(22-3)8-13(12)17/h4-8,10H,9H2,1-3H3,(H2,18,19,20). The number of rotatable bonds is 6. The van der Waals surface area contributed by atoms with E-state index in [1.54, 1.807) is 18.3 Å². The van der Waals surface area contributed by atoms with Crippen molar-refractivity contribution in [3.63, 3.8) is 0 Å². The van der Waals surface area contributed by atoms with Crippen LogP contribution >= 0.6 is 11.3 Å². The molecule has 5 nitrogen and oxygen atoms in total. The third-order valence-corrected chi connectivity index (χ3v) is 4.20. The Morgan fingerprint density at radius 2 is 2.00 bits per heavy atom. The fraction of sp³-hybridized carbons (Fsp3) is 0.312. The second kappa shape index (κ2) is 7.82. The van der Waals surface area contributed by atoms with E-state index in [4.69, 9.17) is 9.47 Å². The zero-order chi connectivity index (χ0) is 16.8. The second-order valence-electron chi connectivity index (χ2n) is 4.86. The summed E-state index contributed by atoms with van der Waals surface area (Å²) < 4.78 is 24.4. The van der Waals surface area contributed by atoms with E-state index in [-0.39, 0.29) is 6.03 Å². The van der Waals surface area contributed by atoms with Crippen LogP contribution in [0, 0.1) is 5.82 Å². The summed E-state index contributed by atoms with van der Waals surface area (Å²) in [5, 5.41) is 7.39. The first kappa shape index (κ1) is 17.1. The normalized spacial score (nSPS) is 11.7. The zero-order valence-corrected chi connectivity index (χ0v) is 14.0. The Balaban J connectivity index is 2.02. The van der Waals surface area contributed by atoms with Crippen molar-refractivity contribution in [3.8, 4) is 11.5 Å². The number of nitrogens with one attached hydrogen (secondary N) is 2. The fourth-order valence-corrected chi connectivity index (χ4v) is 2.75. The van der Waals surface area contributed by atoms with E-state index < -0.39 is 11.9 Å². The molecule has 23 heavy (non-hydrogen) atoms. The van der Waals surface area contributed by atoms with Gasteiger partial charge in [-0.05, 0) is 24.4 Å². The van der Waals surface area contributed by atoms with Gasteiger partial charge in [0.15, 0.2) is 11.5 Å². The highest BCUT2D eigenvalue weighted by atomic mass is 32.1. The molecule has 0 spiro atoms. The van der Waals surface area contributed by atoms with Crippen LogP contribution in [0.2, 0.25) is 0 Å². The van der Waals surface area contributed by atoms with E-state index in [9.17, 15) is 9.18 Å². The van der Waals surface area contributed by atoms with Crippen molar-refractivity contribution < 1.29 is 18.7 Å². The summed E-state index contributed by atoms with van der Waals surface area (Å²) in [6.07, 6.45) is 0. The van der Waals surface area contributed by atoms with Crippen molar-refractivity contribution in [1.29, 1.82) is 0 Å². The van der Waals surface area contributed by atoms with Crippen LogP contribution in [0.5, 0.6) is 11.5 Å². The first-order valence-corrected chi connectivity index (χ1v) is 7.91. The molecule has 1 heterocycles. The first-order chi connectivity index (χ1) is 11.0. The molecule has 0 aliphatic heterocycles. The number of thiophene rings is 1. The van der Waals surface area contributed by atoms with E-state index in [1.807, 2.05) is 17.5 Å². The van der Waals surface area contributed by atoms with Crippen molar-refractivity contribution in [1.82, 2.24) is 10.6 Å². The van der Waals surface area contributed by atoms with Gasteiger partial charge >= 0.3 is 6.03 Å². The van der Waals surface area contributed by atoms with E-state index in [0.717, 1.165) is 4.88 Å². The van der Waals surface area contributed by atoms with Crippen molar-refractivity contribution in [2.75, 3.05) is 14.2 Å². The number of hydrogen-bond acceptors (Lipinski definition) is 4. The number of benzene rings is 1. The first-order valence-electron chi connectivity index (χ1n) is 7.03. The van der Waals surface area contributed by atoms with Crippen LogP contribution in [0.1, 0.15) is 23.4 Å². The molecule has 1 aromatic heterocycles. The van der Waals surface area contributed by atoms with Gasteiger partial charge in [0.1, 0.15) is 5.82 Å². The molecule has 0 aliphatic carbocycles. The van der Waals surface area contributed by atoms with E-state index >= 15 is 0 Å². The summed E-state index contributed by atoms with van der Waals surface area (Å²) in [6, 6.07) is 5.75. The lowest BCUT2D eigenvalue weighted by Crippen LogP contribution is -2.36. The van der Waals surface area contributed by atoms with Gasteiger partial charge in [-0.2, -0.15) is 0 Å². The third kappa shape index (κ3) is 4.35. The Morgan fingerprint density at radius 1 is 1.30 bits per heavy atom. The van der Waals surface area contributed by atoms with Crippen LogP contribution in [0.15, 0.2) is 29.6 Å². The highest BCUT2D eigenvalue weighted by Crippen LogP contribution is 2.32. The second-order valence-corrected chi connectivity index (χ2v) is 5.89. The topological polar surface area (TPSA) is 59.6 Å². The predicted octanol–water partition coefficient (Wildman–Crippen LogP) is 3.46. The van der Waals surface area contributed by atoms with Gasteiger partial charge in [0.05, 0.1) is 26.8 Å². The van der Waals surface area contributed by atoms with Gasteiger partial charge in [-0.25, -0.2) is 9.18 Å². The number of ether oxygens (including phenoxy) is 2. The van der Waals surface area contributed by atoms with Gasteiger partial charge in [-0.1, -0.05) is 6.07 Å². The monoisotopic (exact) mass is 338 g/mol. The van der Waals surface area contributed by atoms with Crippen LogP contribution in [0.25, 0.3) is 0 Å². The molecule has 7 heteroatoms. The van der Waals surface area contributed by atoms with Gasteiger partial charge in [-0.3, -0.25) is 0 Å². The number of carbonyl (C=O) groups excluding carboxylic acids is 1. The number of carbonyl (C=O) groups is 1. The average Bonchev–Trinajstić information content (AvgIpc) is 3.05. The van der Waals surface area contributed by atoms with Gasteiger partial charge in [0.25, 0.3) is 0 Å². The van der Waals surface area contributed by atoms with E-state index in [0.29, 0.717) is 23.6 Å². The van der Waals surface area contributed by atoms with Crippen LogP contribution in [0.4, 0.5) is 9.18 Å². The molecule has 2 N–H and O–H groups in total. The molecule has 1 atom stereocenters. The Labute approximate surface area is 138 Å². The lowest BCUT2D eigenvalue weighted by molar-refractivity contribution is 0.237. The molecule has 0 fully saturated rings. The molecule has 2 amide bonds. The van der Waals surface area contributed by atoms with Crippen LogP contribution in [0.3, 0.4) is 0 Å². The molecule has 0 radical (unpaired) electrons. The minimum absolute atomic E-state index is 0.308. The van der Waals surface area contributed by atoms with Crippen molar-refractivity contribution in [2.24, 2.45) is 0 Å². The summed E-state index contributed by atoms with van der Waals surface area (Å²) in [5.74, 6) is 0.258. The molecule has 0 aliphatic rings. The number of hydrogen-bond donors (Lipinski definition) is 2. The van der Waals surface area contributed by atoms with Gasteiger partial charge in [0, 0.05) is 16.5 Å². The summed E-state index contributed by atoms with van der Waals surface area (Å²) in [7, 11) is 2.92. The Bertz CT molecular complexity index is 662. The Morgan fingerprint density at radius 3 is 2.61 bits per heavy atom. The Kier molecular flexibility index (Phi) is 5.81. The molecule has 0 saturated heterocycles. The maximum absolute atomic E-state index is 14.2. The highest BCUT2D eigenvalue weighted by molar-refractivity contribution is 7.09. The third-order valence-electron chi connectivity index (χ3n) is 3.32. The SMILES string of the molecule is COc1cc(F)c(C(C)NC(=O)NCc2cccs2)cc1OC. The molecule has 1 aromatic carbocycles. The number of urea groups is 1. The van der Waals surface area contributed by atoms with Gasteiger partial charge in [-0.15, -0.1) is 11.3 Å². The molecule has 0 bridgehead atoms. The van der Waals surface area contributed by atoms with E-state index in [1.165, 1.54) is 26.4 Å². The molecule has 0 saturated carbocycles. The highest BCUT2D eigenvalue weighted by Gasteiger charge is 2.17. The van der Waals surface area contributed by atoms with E-state index in [2.05, 4.69) is 10.6 Å². The molecule has 124 valence electrons. The van der Waals surface area contributed by atoms with Crippen molar-refractivity contribution >= 4 is 17.4 Å². The van der Waals surface area contributed by atoms with Crippen molar-refractivity contribution in [3.05, 3.63) is 45.9 Å². The molecular formula is C16H19FN2O3S. The van der Waals surface area contributed by atoms with Crippen molar-refractivity contribution in [2.45, 2.75) is 19.5 Å².